The summed E-state index contributed by atoms with van der Waals surface area (Å²) in [6, 6.07) is 0. The number of carbonyl (C=O) groups is 2. The third-order valence-electron chi connectivity index (χ3n) is 5.64. The molecule has 1 N–H and O–H groups in total. The van der Waals surface area contributed by atoms with E-state index < -0.39 is 33.4 Å². The highest BCUT2D eigenvalue weighted by Crippen LogP contribution is 2.59. The van der Waals surface area contributed by atoms with Crippen LogP contribution in [0.15, 0.2) is 0 Å². The molecule has 0 aliphatic heterocycles. The van der Waals surface area contributed by atoms with Gasteiger partial charge in [0.25, 0.3) is 0 Å². The summed E-state index contributed by atoms with van der Waals surface area (Å²) >= 11 is 0. The van der Waals surface area contributed by atoms with Crippen molar-refractivity contribution in [3.63, 3.8) is 0 Å². The Labute approximate surface area is 132 Å². The van der Waals surface area contributed by atoms with Crippen molar-refractivity contribution < 1.29 is 36.1 Å². The average molecular weight is 352 g/mol. The lowest BCUT2D eigenvalue weighted by molar-refractivity contribution is -0.181. The molecule has 3 rings (SSSR count). The predicted molar refractivity (Wildman–Crippen MR) is 73.1 cm³/mol. The Hall–Kier alpha value is -1.09. The van der Waals surface area contributed by atoms with Gasteiger partial charge in [-0.15, -0.1) is 0 Å². The van der Waals surface area contributed by atoms with Crippen LogP contribution in [-0.4, -0.2) is 36.6 Å². The number of ether oxygens (including phenoxy) is 1. The minimum atomic E-state index is -5.64. The summed E-state index contributed by atoms with van der Waals surface area (Å²) in [6.07, 6.45) is 3.35. The molecule has 0 aromatic rings. The Morgan fingerprint density at radius 3 is 2.70 bits per heavy atom. The number of carbonyl (C=O) groups excluding carboxylic acids is 2. The van der Waals surface area contributed by atoms with Crippen molar-refractivity contribution in [1.29, 1.82) is 0 Å². The Balaban J connectivity index is 1.78. The summed E-state index contributed by atoms with van der Waals surface area (Å²) in [5.74, 6) is -1.02. The molecule has 0 spiro atoms. The third-order valence-corrected chi connectivity index (χ3v) is 6.52. The van der Waals surface area contributed by atoms with Crippen molar-refractivity contribution in [2.75, 3.05) is 6.61 Å². The molecule has 23 heavy (non-hydrogen) atoms. The van der Waals surface area contributed by atoms with Crippen molar-refractivity contribution in [2.45, 2.75) is 43.8 Å². The first-order chi connectivity index (χ1) is 10.6. The van der Waals surface area contributed by atoms with Crippen LogP contribution in [0.25, 0.3) is 0 Å². The van der Waals surface area contributed by atoms with E-state index in [0.717, 1.165) is 12.8 Å². The first-order valence-corrected chi connectivity index (χ1v) is 9.04. The van der Waals surface area contributed by atoms with Crippen LogP contribution in [-0.2, 0) is 24.4 Å². The van der Waals surface area contributed by atoms with Crippen LogP contribution in [0.5, 0.6) is 0 Å². The first kappa shape index (κ1) is 16.8. The van der Waals surface area contributed by atoms with Gasteiger partial charge in [0.1, 0.15) is 5.78 Å². The molecule has 3 bridgehead atoms. The van der Waals surface area contributed by atoms with Gasteiger partial charge in [0.15, 0.2) is 6.61 Å². The van der Waals surface area contributed by atoms with Gasteiger partial charge >= 0.3 is 21.3 Å². The first-order valence-electron chi connectivity index (χ1n) is 7.60. The van der Waals surface area contributed by atoms with Gasteiger partial charge in [-0.05, 0) is 37.5 Å². The van der Waals surface area contributed by atoms with E-state index in [1.54, 1.807) is 0 Å². The number of esters is 1. The third kappa shape index (κ3) is 2.67. The van der Waals surface area contributed by atoms with E-state index in [9.17, 15) is 26.8 Å². The molecule has 0 aromatic carbocycles. The van der Waals surface area contributed by atoms with Crippen molar-refractivity contribution in [3.8, 4) is 0 Å². The zero-order valence-electron chi connectivity index (χ0n) is 12.3. The molecule has 130 valence electrons. The lowest BCUT2D eigenvalue weighted by Gasteiger charge is -2.54. The minimum absolute atomic E-state index is 0.117. The highest BCUT2D eigenvalue weighted by atomic mass is 32.2. The molecule has 3 fully saturated rings. The molecular weight excluding hydrogens is 334 g/mol. The number of fused-ring (bicyclic) bond motifs is 2. The Bertz CT molecular complexity index is 646. The second-order valence-corrected chi connectivity index (χ2v) is 8.54. The van der Waals surface area contributed by atoms with E-state index in [2.05, 4.69) is 4.74 Å². The van der Waals surface area contributed by atoms with Gasteiger partial charge in [0.05, 0.1) is 5.41 Å². The van der Waals surface area contributed by atoms with Gasteiger partial charge in [-0.1, -0.05) is 6.42 Å². The summed E-state index contributed by atoms with van der Waals surface area (Å²) in [4.78, 5) is 24.5. The van der Waals surface area contributed by atoms with Crippen LogP contribution in [0.3, 0.4) is 0 Å². The maximum atomic E-state index is 13.3. The number of hydrogen-bond donors (Lipinski definition) is 1. The zero-order chi connectivity index (χ0) is 17.0. The minimum Gasteiger partial charge on any atom is -0.458 e. The maximum absolute atomic E-state index is 13.3. The Morgan fingerprint density at radius 2 is 2.04 bits per heavy atom. The van der Waals surface area contributed by atoms with Gasteiger partial charge in [0.2, 0.25) is 0 Å². The number of alkyl halides is 2. The largest absolute Gasteiger partial charge is 0.458 e. The highest BCUT2D eigenvalue weighted by molar-refractivity contribution is 7.86. The Morgan fingerprint density at radius 1 is 1.35 bits per heavy atom. The van der Waals surface area contributed by atoms with Gasteiger partial charge < -0.3 is 4.74 Å². The fraction of sp³-hybridized carbons (Fsp3) is 0.857. The van der Waals surface area contributed by atoms with Crippen molar-refractivity contribution in [1.82, 2.24) is 0 Å². The molecule has 0 aromatic heterocycles. The van der Waals surface area contributed by atoms with Crippen LogP contribution in [0.4, 0.5) is 8.78 Å². The standard InChI is InChI=1S/C14H18F2O6S/c15-14(16,23(19,20)21)7-22-12(18)13-5-8-1-2-10(13)4-11(17)9(3-8)6-13/h8-10H,1-7H2,(H,19,20,21). The Kier molecular flexibility index (Phi) is 3.79. The monoisotopic (exact) mass is 352 g/mol. The van der Waals surface area contributed by atoms with Gasteiger partial charge in [0, 0.05) is 12.3 Å². The van der Waals surface area contributed by atoms with Crippen LogP contribution < -0.4 is 0 Å². The van der Waals surface area contributed by atoms with E-state index in [4.69, 9.17) is 4.55 Å². The van der Waals surface area contributed by atoms with Crippen molar-refractivity contribution in [2.24, 2.45) is 23.2 Å². The van der Waals surface area contributed by atoms with Crippen LogP contribution in [0.2, 0.25) is 0 Å². The van der Waals surface area contributed by atoms with Gasteiger partial charge in [-0.3, -0.25) is 14.1 Å². The number of hydrogen-bond acceptors (Lipinski definition) is 5. The van der Waals surface area contributed by atoms with Gasteiger partial charge in [-0.25, -0.2) is 0 Å². The van der Waals surface area contributed by atoms with Crippen LogP contribution in [0, 0.1) is 23.2 Å². The molecule has 9 heteroatoms. The molecule has 3 saturated carbocycles. The molecular formula is C14H18F2O6S. The number of ketones is 1. The van der Waals surface area contributed by atoms with Crippen LogP contribution in [0.1, 0.15) is 38.5 Å². The lowest BCUT2D eigenvalue weighted by atomic mass is 9.49. The van der Waals surface area contributed by atoms with E-state index in [1.165, 1.54) is 0 Å². The molecule has 0 amide bonds. The van der Waals surface area contributed by atoms with E-state index >= 15 is 0 Å². The molecule has 0 radical (unpaired) electrons. The smallest absolute Gasteiger partial charge is 0.402 e. The maximum Gasteiger partial charge on any atom is 0.402 e. The molecule has 3 aliphatic carbocycles. The molecule has 3 aliphatic rings. The van der Waals surface area contributed by atoms with Crippen molar-refractivity contribution >= 4 is 21.9 Å². The SMILES string of the molecule is O=C1CC2CCC3CC1CC2(C(=O)OCC(F)(F)S(=O)(=O)O)C3. The summed E-state index contributed by atoms with van der Waals surface area (Å²) in [6.45, 7) is -1.71. The zero-order valence-corrected chi connectivity index (χ0v) is 13.2. The predicted octanol–water partition coefficient (Wildman–Crippen LogP) is 1.80. The molecule has 0 heterocycles. The molecule has 6 nitrogen and oxygen atoms in total. The number of rotatable bonds is 4. The summed E-state index contributed by atoms with van der Waals surface area (Å²) < 4.78 is 60.8. The van der Waals surface area contributed by atoms with E-state index in [0.29, 0.717) is 19.3 Å². The van der Waals surface area contributed by atoms with Crippen LogP contribution >= 0.6 is 0 Å². The van der Waals surface area contributed by atoms with E-state index in [-0.39, 0.29) is 30.0 Å². The fourth-order valence-electron chi connectivity index (χ4n) is 4.53. The second-order valence-electron chi connectivity index (χ2n) is 7.00. The quantitative estimate of drug-likeness (QED) is 0.612. The fourth-order valence-corrected chi connectivity index (χ4v) is 4.73. The highest BCUT2D eigenvalue weighted by Gasteiger charge is 2.59. The molecule has 4 unspecified atom stereocenters. The van der Waals surface area contributed by atoms with E-state index in [1.807, 2.05) is 0 Å². The lowest BCUT2D eigenvalue weighted by Crippen LogP contribution is -2.55. The summed E-state index contributed by atoms with van der Waals surface area (Å²) in [5.41, 5.74) is -0.963. The normalized spacial score (nSPS) is 36.8. The number of halogens is 2. The summed E-state index contributed by atoms with van der Waals surface area (Å²) in [5, 5.41) is -4.53. The average Bonchev–Trinajstić information content (AvgIpc) is 2.45. The van der Waals surface area contributed by atoms with Crippen molar-refractivity contribution in [3.05, 3.63) is 0 Å². The topological polar surface area (TPSA) is 97.7 Å². The number of Topliss-reactive ketones (excluding diaryl/α,β-unsaturated/α-hetero) is 1. The molecule has 0 saturated heterocycles. The van der Waals surface area contributed by atoms with Gasteiger partial charge in [-0.2, -0.15) is 17.2 Å². The summed E-state index contributed by atoms with van der Waals surface area (Å²) in [7, 11) is -5.64. The second kappa shape index (κ2) is 5.20. The molecule has 4 atom stereocenters.